The van der Waals surface area contributed by atoms with E-state index >= 15 is 0 Å². The Hall–Kier alpha value is -0.390. The number of fused-ring (bicyclic) bond motifs is 1. The Balaban J connectivity index is 1.58. The van der Waals surface area contributed by atoms with Crippen LogP contribution in [0.1, 0.15) is 54.9 Å². The molecule has 0 radical (unpaired) electrons. The molecular weight excluding hydrogens is 251 g/mol. The van der Waals surface area contributed by atoms with Crippen molar-refractivity contribution in [3.8, 4) is 0 Å². The van der Waals surface area contributed by atoms with E-state index < -0.39 is 0 Å². The first-order chi connectivity index (χ1) is 9.31. The van der Waals surface area contributed by atoms with Crippen LogP contribution in [0.3, 0.4) is 0 Å². The fraction of sp³-hybridized carbons (Fsp3) is 0.706. The zero-order valence-electron chi connectivity index (χ0n) is 11.4. The van der Waals surface area contributed by atoms with Gasteiger partial charge in [0.05, 0.1) is 13.2 Å². The van der Waals surface area contributed by atoms with E-state index in [0.29, 0.717) is 5.41 Å². The van der Waals surface area contributed by atoms with Gasteiger partial charge >= 0.3 is 0 Å². The lowest BCUT2D eigenvalue weighted by molar-refractivity contribution is -0.00352. The van der Waals surface area contributed by atoms with Gasteiger partial charge in [-0.25, -0.2) is 0 Å². The van der Waals surface area contributed by atoms with E-state index in [4.69, 9.17) is 4.74 Å². The Morgan fingerprint density at radius 1 is 0.947 bits per heavy atom. The second-order valence-corrected chi connectivity index (χ2v) is 8.53. The summed E-state index contributed by atoms with van der Waals surface area (Å²) in [5, 5.41) is 1.75. The standard InChI is InChI=1S/C17H21OP/c1-11-2-13-3-12(1)6-17(5-11,7-13)16-4-14-8-18-9-15(14)10-19-16/h4,10-13H,1-3,5-9H2. The van der Waals surface area contributed by atoms with Gasteiger partial charge in [-0.2, -0.15) is 0 Å². The highest BCUT2D eigenvalue weighted by Gasteiger charge is 2.51. The summed E-state index contributed by atoms with van der Waals surface area (Å²) < 4.78 is 5.60. The molecular formula is C17H21OP. The molecule has 0 unspecified atom stereocenters. The molecule has 4 saturated carbocycles. The first-order valence-corrected chi connectivity index (χ1v) is 8.83. The Morgan fingerprint density at radius 3 is 2.26 bits per heavy atom. The smallest absolute Gasteiger partial charge is 0.0728 e. The Bertz CT molecular complexity index is 501. The summed E-state index contributed by atoms with van der Waals surface area (Å²) >= 11 is 0. The fourth-order valence-corrected chi connectivity index (χ4v) is 7.09. The minimum absolute atomic E-state index is 0.591. The van der Waals surface area contributed by atoms with Crippen molar-refractivity contribution in [2.75, 3.05) is 0 Å². The minimum Gasteiger partial charge on any atom is -0.372 e. The molecule has 100 valence electrons. The molecule has 1 aromatic heterocycles. The topological polar surface area (TPSA) is 9.23 Å². The van der Waals surface area contributed by atoms with Crippen molar-refractivity contribution in [1.82, 2.24) is 0 Å². The van der Waals surface area contributed by atoms with Crippen LogP contribution in [0.5, 0.6) is 0 Å². The Morgan fingerprint density at radius 2 is 1.58 bits per heavy atom. The second kappa shape index (κ2) is 3.83. The molecule has 19 heavy (non-hydrogen) atoms. The summed E-state index contributed by atoms with van der Waals surface area (Å²) in [7, 11) is 1.49. The SMILES string of the molecule is c1pc(C23CC4CC(CC(C4)C2)C3)cc2c1COC2. The maximum Gasteiger partial charge on any atom is 0.0728 e. The van der Waals surface area contributed by atoms with Crippen LogP contribution in [0.25, 0.3) is 0 Å². The molecule has 1 nitrogen and oxygen atoms in total. The Kier molecular flexibility index (Phi) is 2.28. The highest BCUT2D eigenvalue weighted by molar-refractivity contribution is 7.30. The minimum atomic E-state index is 0.591. The molecule has 0 atom stereocenters. The zero-order chi connectivity index (χ0) is 12.4. The molecule has 6 rings (SSSR count). The zero-order valence-corrected chi connectivity index (χ0v) is 12.3. The van der Waals surface area contributed by atoms with Gasteiger partial charge in [0.1, 0.15) is 0 Å². The van der Waals surface area contributed by atoms with Gasteiger partial charge in [-0.3, -0.25) is 0 Å². The summed E-state index contributed by atoms with van der Waals surface area (Å²) in [5.74, 6) is 5.60. The fourth-order valence-electron chi connectivity index (χ4n) is 5.78. The highest BCUT2D eigenvalue weighted by atomic mass is 31.0. The quantitative estimate of drug-likeness (QED) is 0.716. The van der Waals surface area contributed by atoms with Gasteiger partial charge in [0, 0.05) is 5.41 Å². The van der Waals surface area contributed by atoms with Crippen molar-refractivity contribution < 1.29 is 4.74 Å². The molecule has 0 aromatic carbocycles. The largest absolute Gasteiger partial charge is 0.372 e. The van der Waals surface area contributed by atoms with Gasteiger partial charge in [0.15, 0.2) is 0 Å². The van der Waals surface area contributed by atoms with Crippen molar-refractivity contribution in [3.05, 3.63) is 28.3 Å². The summed E-state index contributed by atoms with van der Waals surface area (Å²) in [4.78, 5) is 0. The molecule has 1 aromatic rings. The third-order valence-corrected chi connectivity index (χ3v) is 7.50. The van der Waals surface area contributed by atoms with Crippen LogP contribution in [0.15, 0.2) is 11.9 Å². The van der Waals surface area contributed by atoms with E-state index in [1.54, 1.807) is 24.6 Å². The maximum absolute atomic E-state index is 5.60. The molecule has 5 aliphatic rings. The van der Waals surface area contributed by atoms with Crippen LogP contribution in [-0.4, -0.2) is 0 Å². The van der Waals surface area contributed by atoms with Crippen LogP contribution in [0.4, 0.5) is 0 Å². The van der Waals surface area contributed by atoms with E-state index in [1.807, 2.05) is 0 Å². The summed E-state index contributed by atoms with van der Waals surface area (Å²) in [6.07, 6.45) is 9.12. The summed E-state index contributed by atoms with van der Waals surface area (Å²) in [6.45, 7) is 1.71. The van der Waals surface area contributed by atoms with Gasteiger partial charge in [0.2, 0.25) is 0 Å². The molecule has 4 bridgehead atoms. The second-order valence-electron chi connectivity index (χ2n) is 7.53. The molecule has 0 saturated heterocycles. The lowest BCUT2D eigenvalue weighted by Crippen LogP contribution is -2.48. The first kappa shape index (κ1) is 11.3. The molecule has 1 aliphatic heterocycles. The normalized spacial score (nSPS) is 43.1. The van der Waals surface area contributed by atoms with Crippen molar-refractivity contribution in [2.24, 2.45) is 17.8 Å². The third kappa shape index (κ3) is 1.61. The number of ether oxygens (including phenoxy) is 1. The van der Waals surface area contributed by atoms with E-state index in [1.165, 1.54) is 38.6 Å². The summed E-state index contributed by atoms with van der Waals surface area (Å²) in [5.41, 5.74) is 3.55. The number of rotatable bonds is 1. The third-order valence-electron chi connectivity index (χ3n) is 6.18. The van der Waals surface area contributed by atoms with E-state index in [0.717, 1.165) is 31.0 Å². The summed E-state index contributed by atoms with van der Waals surface area (Å²) in [6, 6.07) is 2.54. The number of hydrogen-bond acceptors (Lipinski definition) is 1. The monoisotopic (exact) mass is 272 g/mol. The van der Waals surface area contributed by atoms with Gasteiger partial charge in [-0.1, -0.05) is 8.19 Å². The first-order valence-electron chi connectivity index (χ1n) is 7.87. The van der Waals surface area contributed by atoms with Crippen LogP contribution in [0, 0.1) is 17.8 Å². The van der Waals surface area contributed by atoms with Crippen LogP contribution >= 0.6 is 8.19 Å². The van der Waals surface area contributed by atoms with Crippen molar-refractivity contribution in [3.63, 3.8) is 0 Å². The average molecular weight is 272 g/mol. The maximum atomic E-state index is 5.60. The molecule has 4 aliphatic carbocycles. The van der Waals surface area contributed by atoms with E-state index in [-0.39, 0.29) is 0 Å². The molecule has 4 fully saturated rings. The molecule has 2 heteroatoms. The Labute approximate surface area is 116 Å². The lowest BCUT2D eigenvalue weighted by Gasteiger charge is -2.57. The lowest BCUT2D eigenvalue weighted by atomic mass is 9.49. The van der Waals surface area contributed by atoms with Crippen molar-refractivity contribution >= 4 is 8.19 Å². The number of hydrogen-bond donors (Lipinski definition) is 0. The average Bonchev–Trinajstić information content (AvgIpc) is 2.84. The molecule has 0 N–H and O–H groups in total. The predicted octanol–water partition coefficient (Wildman–Crippen LogP) is 4.76. The molecule has 0 spiro atoms. The molecule has 2 heterocycles. The van der Waals surface area contributed by atoms with Crippen molar-refractivity contribution in [1.29, 1.82) is 0 Å². The van der Waals surface area contributed by atoms with Gasteiger partial charge < -0.3 is 4.74 Å². The van der Waals surface area contributed by atoms with Crippen molar-refractivity contribution in [2.45, 2.75) is 57.2 Å². The van der Waals surface area contributed by atoms with E-state index in [9.17, 15) is 0 Å². The van der Waals surface area contributed by atoms with E-state index in [2.05, 4.69) is 11.9 Å². The van der Waals surface area contributed by atoms with Crippen LogP contribution < -0.4 is 0 Å². The molecule has 0 amide bonds. The van der Waals surface area contributed by atoms with Gasteiger partial charge in [0.25, 0.3) is 0 Å². The van der Waals surface area contributed by atoms with Gasteiger partial charge in [-0.15, -0.1) is 0 Å². The van der Waals surface area contributed by atoms with Gasteiger partial charge in [-0.05, 0) is 84.6 Å². The van der Waals surface area contributed by atoms with Crippen LogP contribution in [-0.2, 0) is 23.4 Å². The predicted molar refractivity (Wildman–Crippen MR) is 77.3 cm³/mol. The highest BCUT2D eigenvalue weighted by Crippen LogP contribution is 2.61. The van der Waals surface area contributed by atoms with Crippen LogP contribution in [0.2, 0.25) is 0 Å².